The highest BCUT2D eigenvalue weighted by Gasteiger charge is 2.32. The van der Waals surface area contributed by atoms with Crippen molar-refractivity contribution in [3.63, 3.8) is 0 Å². The van der Waals surface area contributed by atoms with Crippen molar-refractivity contribution in [2.45, 2.75) is 52.4 Å². The van der Waals surface area contributed by atoms with E-state index in [0.717, 1.165) is 0 Å². The second-order valence-corrected chi connectivity index (χ2v) is 21.5. The van der Waals surface area contributed by atoms with Crippen molar-refractivity contribution < 1.29 is 0 Å². The maximum Gasteiger partial charge on any atom is -0.0000928 e. The highest BCUT2D eigenvalue weighted by molar-refractivity contribution is 6.49. The van der Waals surface area contributed by atoms with Crippen LogP contribution in [-0.4, -0.2) is 0 Å². The zero-order valence-corrected chi connectivity index (χ0v) is 39.5. The lowest BCUT2D eigenvalue weighted by Crippen LogP contribution is -2.10. The van der Waals surface area contributed by atoms with Gasteiger partial charge in [-0.05, 0) is 163 Å². The van der Waals surface area contributed by atoms with Crippen LogP contribution in [0.25, 0.3) is 141 Å². The third-order valence-electron chi connectivity index (χ3n) is 15.5. The molecule has 14 aromatic rings. The minimum absolute atomic E-state index is 0.0264. The SMILES string of the molecule is CC(C)(C)c1cc2ccc3c4c(-c5ccccc5)c5c(-c6ccccc6)c6c7ccc8cc(C(C)(C)C)cc9ccc(c6c(-c6ccccc6)c5c(-c5ccccc5)c4c4ccc(c1)c2c34)c7c89. The zero-order valence-electron chi connectivity index (χ0n) is 39.5. The summed E-state index contributed by atoms with van der Waals surface area (Å²) in [4.78, 5) is 0. The van der Waals surface area contributed by atoms with Crippen molar-refractivity contribution in [1.29, 1.82) is 0 Å². The maximum atomic E-state index is 2.45. The van der Waals surface area contributed by atoms with Crippen molar-refractivity contribution >= 4 is 97.0 Å². The fraction of sp³-hybridized carbons (Fsp3) is 0.118. The first kappa shape index (κ1) is 39.4. The van der Waals surface area contributed by atoms with Crippen molar-refractivity contribution in [1.82, 2.24) is 0 Å². The molecule has 0 aromatic heterocycles. The van der Waals surface area contributed by atoms with Crippen molar-refractivity contribution in [2.24, 2.45) is 0 Å². The molecule has 0 aliphatic heterocycles. The highest BCUT2D eigenvalue weighted by Crippen LogP contribution is 2.60. The minimum atomic E-state index is 0.0264. The van der Waals surface area contributed by atoms with Crippen LogP contribution in [0.4, 0.5) is 0 Å². The van der Waals surface area contributed by atoms with Gasteiger partial charge in [-0.15, -0.1) is 0 Å². The molecule has 0 radical (unpaired) electrons. The Hall–Kier alpha value is -7.80. The summed E-state index contributed by atoms with van der Waals surface area (Å²) in [5.41, 5.74) is 12.9. The molecule has 14 rings (SSSR count). The van der Waals surface area contributed by atoms with Gasteiger partial charge in [0, 0.05) is 0 Å². The predicted octanol–water partition coefficient (Wildman–Crippen LogP) is 19.6. The Kier molecular flexibility index (Phi) is 8.04. The van der Waals surface area contributed by atoms with Gasteiger partial charge >= 0.3 is 0 Å². The van der Waals surface area contributed by atoms with Crippen LogP contribution in [0.5, 0.6) is 0 Å². The molecule has 0 spiro atoms. The molecule has 0 bridgehead atoms. The van der Waals surface area contributed by atoms with Gasteiger partial charge in [-0.3, -0.25) is 0 Å². The molecule has 0 heterocycles. The van der Waals surface area contributed by atoms with Crippen molar-refractivity contribution in [3.8, 4) is 44.5 Å². The molecule has 0 N–H and O–H groups in total. The predicted molar refractivity (Wildman–Crippen MR) is 297 cm³/mol. The lowest BCUT2D eigenvalue weighted by atomic mass is 9.78. The summed E-state index contributed by atoms with van der Waals surface area (Å²) >= 11 is 0. The number of hydrogen-bond donors (Lipinski definition) is 0. The van der Waals surface area contributed by atoms with Crippen LogP contribution >= 0.6 is 0 Å². The average molecular weight is 867 g/mol. The molecule has 14 aromatic carbocycles. The lowest BCUT2D eigenvalue weighted by molar-refractivity contribution is 0.591. The number of benzene rings is 12. The number of hydrogen-bond acceptors (Lipinski definition) is 0. The van der Waals surface area contributed by atoms with E-state index in [-0.39, 0.29) is 10.8 Å². The van der Waals surface area contributed by atoms with E-state index in [1.165, 1.54) is 153 Å². The first-order valence-corrected chi connectivity index (χ1v) is 24.3. The van der Waals surface area contributed by atoms with Crippen LogP contribution in [0.3, 0.4) is 0 Å². The Balaban J connectivity index is 1.34. The summed E-state index contributed by atoms with van der Waals surface area (Å²) in [6.07, 6.45) is 0. The molecule has 0 saturated heterocycles. The molecule has 0 fully saturated rings. The summed E-state index contributed by atoms with van der Waals surface area (Å²) < 4.78 is 0. The van der Waals surface area contributed by atoms with Gasteiger partial charge in [0.25, 0.3) is 0 Å². The van der Waals surface area contributed by atoms with Gasteiger partial charge < -0.3 is 0 Å². The molecule has 0 heteroatoms. The molecule has 0 saturated carbocycles. The van der Waals surface area contributed by atoms with Gasteiger partial charge in [-0.1, -0.05) is 236 Å². The standard InChI is InChI=1S/C68H50/c1-67(2,3)47-35-43-27-31-49-59-50(32-28-44(36-47)53(43)59)62-56(40-21-13-8-14-22-40)66-58(42-25-17-10-18-26-42)64-52-34-30-46-38-48(68(4,5)6)37-45-29-33-51(60(52)54(45)46)63(64)57(41-23-15-9-16-24-41)65(66)55(61(49)62)39-19-11-7-12-20-39/h7-38H,1-6H3. The van der Waals surface area contributed by atoms with Crippen LogP contribution in [0, 0.1) is 0 Å². The lowest BCUT2D eigenvalue weighted by Gasteiger charge is -2.24. The molecule has 322 valence electrons. The number of rotatable bonds is 4. The van der Waals surface area contributed by atoms with Gasteiger partial charge in [0.15, 0.2) is 0 Å². The van der Waals surface area contributed by atoms with E-state index < -0.39 is 0 Å². The second-order valence-electron chi connectivity index (χ2n) is 21.5. The van der Waals surface area contributed by atoms with Crippen molar-refractivity contribution in [3.05, 3.63) is 205 Å². The molecule has 68 heavy (non-hydrogen) atoms. The van der Waals surface area contributed by atoms with Crippen LogP contribution in [0.2, 0.25) is 0 Å². The van der Waals surface area contributed by atoms with E-state index in [0.29, 0.717) is 0 Å². The molecular formula is C68H50. The molecule has 0 amide bonds. The third-order valence-corrected chi connectivity index (χ3v) is 15.5. The Morgan fingerprint density at radius 2 is 0.456 bits per heavy atom. The van der Waals surface area contributed by atoms with E-state index >= 15 is 0 Å². The Labute approximate surface area is 397 Å². The van der Waals surface area contributed by atoms with E-state index in [1.54, 1.807) is 0 Å². The van der Waals surface area contributed by atoms with Crippen LogP contribution < -0.4 is 0 Å². The topological polar surface area (TPSA) is 0 Å². The third kappa shape index (κ3) is 5.38. The van der Waals surface area contributed by atoms with Crippen molar-refractivity contribution in [2.75, 3.05) is 0 Å². The minimum Gasteiger partial charge on any atom is -0.0622 e. The summed E-state index contributed by atoms with van der Waals surface area (Å²) in [6, 6.07) is 74.5. The van der Waals surface area contributed by atoms with Crippen LogP contribution in [-0.2, 0) is 10.8 Å². The van der Waals surface area contributed by atoms with Gasteiger partial charge in [0.05, 0.1) is 0 Å². The summed E-state index contributed by atoms with van der Waals surface area (Å²) in [7, 11) is 0. The Bertz CT molecular complexity index is 3780. The summed E-state index contributed by atoms with van der Waals surface area (Å²) in [5, 5.41) is 23.8. The van der Waals surface area contributed by atoms with E-state index in [4.69, 9.17) is 0 Å². The quantitative estimate of drug-likeness (QED) is 0.165. The Morgan fingerprint density at radius 1 is 0.221 bits per heavy atom. The first-order valence-electron chi connectivity index (χ1n) is 24.3. The molecule has 0 aliphatic rings. The largest absolute Gasteiger partial charge is 0.0622 e. The van der Waals surface area contributed by atoms with E-state index in [1.807, 2.05) is 0 Å². The Morgan fingerprint density at radius 3 is 0.676 bits per heavy atom. The van der Waals surface area contributed by atoms with Gasteiger partial charge in [-0.25, -0.2) is 0 Å². The number of fused-ring (bicyclic) bond motifs is 7. The molecule has 0 atom stereocenters. The van der Waals surface area contributed by atoms with Gasteiger partial charge in [0.1, 0.15) is 0 Å². The fourth-order valence-electron chi connectivity index (χ4n) is 12.4. The summed E-state index contributed by atoms with van der Waals surface area (Å²) in [6.45, 7) is 14.0. The average Bonchev–Trinajstić information content (AvgIpc) is 3.87. The zero-order chi connectivity index (χ0) is 45.8. The second kappa shape index (κ2) is 13.9. The smallest absolute Gasteiger partial charge is 0.0000928 e. The first-order chi connectivity index (χ1) is 33.0. The van der Waals surface area contributed by atoms with Gasteiger partial charge in [0.2, 0.25) is 0 Å². The summed E-state index contributed by atoms with van der Waals surface area (Å²) in [5.74, 6) is 0. The maximum absolute atomic E-state index is 2.45. The molecule has 0 unspecified atom stereocenters. The monoisotopic (exact) mass is 866 g/mol. The van der Waals surface area contributed by atoms with Gasteiger partial charge in [-0.2, -0.15) is 0 Å². The molecule has 0 aliphatic carbocycles. The van der Waals surface area contributed by atoms with E-state index in [9.17, 15) is 0 Å². The highest BCUT2D eigenvalue weighted by atomic mass is 14.3. The van der Waals surface area contributed by atoms with Crippen LogP contribution in [0.15, 0.2) is 194 Å². The molecule has 0 nitrogen and oxygen atoms in total. The molecular weight excluding hydrogens is 817 g/mol. The van der Waals surface area contributed by atoms with Crippen LogP contribution in [0.1, 0.15) is 52.7 Å². The van der Waals surface area contributed by atoms with E-state index in [2.05, 4.69) is 236 Å². The normalized spacial score (nSPS) is 12.9. The fourth-order valence-corrected chi connectivity index (χ4v) is 12.4.